The third-order valence-corrected chi connectivity index (χ3v) is 3.14. The molecule has 90 valence electrons. The molecule has 2 N–H and O–H groups in total. The van der Waals surface area contributed by atoms with Crippen LogP contribution in [0.3, 0.4) is 0 Å². The predicted octanol–water partition coefficient (Wildman–Crippen LogP) is 1.45. The van der Waals surface area contributed by atoms with Crippen LogP contribution in [0.4, 0.5) is 0 Å². The van der Waals surface area contributed by atoms with Gasteiger partial charge in [0.15, 0.2) is 0 Å². The second kappa shape index (κ2) is 5.11. The Labute approximate surface area is 102 Å². The van der Waals surface area contributed by atoms with Crippen molar-refractivity contribution in [3.63, 3.8) is 0 Å². The summed E-state index contributed by atoms with van der Waals surface area (Å²) in [6.45, 7) is 0.236. The van der Waals surface area contributed by atoms with Crippen molar-refractivity contribution in [2.45, 2.75) is 19.1 Å². The second-order valence-corrected chi connectivity index (χ2v) is 4.58. The van der Waals surface area contributed by atoms with E-state index in [9.17, 15) is 9.90 Å². The molecule has 0 saturated heterocycles. The molecule has 0 aliphatic heterocycles. The Balaban J connectivity index is 2.12. The lowest BCUT2D eigenvalue weighted by molar-refractivity contribution is -0.139. The topological polar surface area (TPSA) is 75.3 Å². The van der Waals surface area contributed by atoms with Crippen molar-refractivity contribution in [1.29, 1.82) is 0 Å². The van der Waals surface area contributed by atoms with Gasteiger partial charge in [0.25, 0.3) is 0 Å². The number of carboxylic acid groups (broad SMARTS) is 1. The zero-order valence-electron chi connectivity index (χ0n) is 8.98. The number of carbonyl (C=O) groups is 1. The highest BCUT2D eigenvalue weighted by atomic mass is 32.1. The van der Waals surface area contributed by atoms with Crippen LogP contribution in [0.25, 0.3) is 10.7 Å². The minimum Gasteiger partial charge on any atom is -0.481 e. The lowest BCUT2D eigenvalue weighted by Gasteiger charge is -2.10. The minimum absolute atomic E-state index is 0.236. The van der Waals surface area contributed by atoms with Crippen LogP contribution in [0.2, 0.25) is 0 Å². The molecule has 0 amide bonds. The third-order valence-electron chi connectivity index (χ3n) is 2.27. The molecule has 0 bridgehead atoms. The molecular weight excluding hydrogens is 240 g/mol. The maximum Gasteiger partial charge on any atom is 0.306 e. The van der Waals surface area contributed by atoms with E-state index in [1.165, 1.54) is 0 Å². The summed E-state index contributed by atoms with van der Waals surface area (Å²) in [5, 5.41) is 20.1. The standard InChI is InChI=1S/C11H12N2O3S/c14-8(6-10(15)16)7-13-4-3-12-11(13)9-2-1-5-17-9/h1-5,8,14H,6-7H2,(H,15,16). The lowest BCUT2D eigenvalue weighted by Crippen LogP contribution is -2.19. The molecule has 2 rings (SSSR count). The van der Waals surface area contributed by atoms with Gasteiger partial charge in [-0.2, -0.15) is 0 Å². The molecule has 0 radical (unpaired) electrons. The molecule has 1 unspecified atom stereocenters. The fourth-order valence-corrected chi connectivity index (χ4v) is 2.32. The molecule has 0 spiro atoms. The summed E-state index contributed by atoms with van der Waals surface area (Å²) >= 11 is 1.55. The van der Waals surface area contributed by atoms with Gasteiger partial charge in [-0.15, -0.1) is 11.3 Å². The Morgan fingerprint density at radius 3 is 3.06 bits per heavy atom. The molecule has 5 nitrogen and oxygen atoms in total. The van der Waals surface area contributed by atoms with E-state index in [0.29, 0.717) is 0 Å². The molecule has 2 heterocycles. The van der Waals surface area contributed by atoms with E-state index in [2.05, 4.69) is 4.98 Å². The van der Waals surface area contributed by atoms with Gasteiger partial charge >= 0.3 is 5.97 Å². The van der Waals surface area contributed by atoms with Crippen LogP contribution < -0.4 is 0 Å². The monoisotopic (exact) mass is 252 g/mol. The van der Waals surface area contributed by atoms with E-state index in [0.717, 1.165) is 10.7 Å². The van der Waals surface area contributed by atoms with Crippen molar-refractivity contribution in [3.05, 3.63) is 29.9 Å². The van der Waals surface area contributed by atoms with Crippen LogP contribution in [-0.4, -0.2) is 31.8 Å². The highest BCUT2D eigenvalue weighted by Crippen LogP contribution is 2.23. The molecule has 2 aromatic rings. The van der Waals surface area contributed by atoms with Crippen molar-refractivity contribution in [2.75, 3.05) is 0 Å². The van der Waals surface area contributed by atoms with Crippen molar-refractivity contribution in [3.8, 4) is 10.7 Å². The normalized spacial score (nSPS) is 12.5. The van der Waals surface area contributed by atoms with Crippen LogP contribution in [-0.2, 0) is 11.3 Å². The van der Waals surface area contributed by atoms with E-state index in [-0.39, 0.29) is 13.0 Å². The second-order valence-electron chi connectivity index (χ2n) is 3.63. The molecule has 0 aliphatic rings. The lowest BCUT2D eigenvalue weighted by atomic mass is 10.2. The summed E-state index contributed by atoms with van der Waals surface area (Å²) in [6, 6.07) is 3.86. The SMILES string of the molecule is O=C(O)CC(O)Cn1ccnc1-c1cccs1. The number of nitrogens with zero attached hydrogens (tertiary/aromatic N) is 2. The van der Waals surface area contributed by atoms with E-state index < -0.39 is 12.1 Å². The van der Waals surface area contributed by atoms with E-state index in [1.54, 1.807) is 28.3 Å². The Hall–Kier alpha value is -1.66. The quantitative estimate of drug-likeness (QED) is 0.844. The number of hydrogen-bond acceptors (Lipinski definition) is 4. The molecule has 6 heteroatoms. The molecule has 17 heavy (non-hydrogen) atoms. The van der Waals surface area contributed by atoms with E-state index >= 15 is 0 Å². The van der Waals surface area contributed by atoms with Gasteiger partial charge in [0.2, 0.25) is 0 Å². The first-order valence-corrected chi connectivity index (χ1v) is 5.99. The van der Waals surface area contributed by atoms with E-state index in [4.69, 9.17) is 5.11 Å². The van der Waals surface area contributed by atoms with Crippen molar-refractivity contribution in [2.24, 2.45) is 0 Å². The highest BCUT2D eigenvalue weighted by Gasteiger charge is 2.13. The third kappa shape index (κ3) is 2.92. The first-order valence-electron chi connectivity index (χ1n) is 5.11. The summed E-state index contributed by atoms with van der Waals surface area (Å²) in [4.78, 5) is 15.7. The van der Waals surface area contributed by atoms with Crippen LogP contribution in [0.15, 0.2) is 29.9 Å². The summed E-state index contributed by atoms with van der Waals surface area (Å²) in [6.07, 6.45) is 2.21. The minimum atomic E-state index is -1.00. The van der Waals surface area contributed by atoms with Gasteiger partial charge in [0.05, 0.1) is 23.9 Å². The van der Waals surface area contributed by atoms with Crippen LogP contribution in [0.5, 0.6) is 0 Å². The average Bonchev–Trinajstić information content (AvgIpc) is 2.84. The summed E-state index contributed by atoms with van der Waals surface area (Å²) in [7, 11) is 0. The van der Waals surface area contributed by atoms with Crippen molar-refractivity contribution >= 4 is 17.3 Å². The molecule has 0 aliphatic carbocycles. The van der Waals surface area contributed by atoms with Gasteiger partial charge in [0.1, 0.15) is 5.82 Å². The molecule has 0 aromatic carbocycles. The van der Waals surface area contributed by atoms with Gasteiger partial charge in [0, 0.05) is 12.4 Å². The summed E-state index contributed by atoms with van der Waals surface area (Å²) < 4.78 is 1.76. The summed E-state index contributed by atoms with van der Waals surface area (Å²) in [5.41, 5.74) is 0. The highest BCUT2D eigenvalue weighted by molar-refractivity contribution is 7.13. The fourth-order valence-electron chi connectivity index (χ4n) is 1.58. The number of imidazole rings is 1. The van der Waals surface area contributed by atoms with Gasteiger partial charge in [-0.1, -0.05) is 6.07 Å². The Morgan fingerprint density at radius 2 is 2.41 bits per heavy atom. The Morgan fingerprint density at radius 1 is 1.59 bits per heavy atom. The number of rotatable bonds is 5. The number of carboxylic acids is 1. The maximum atomic E-state index is 10.5. The van der Waals surface area contributed by atoms with Crippen LogP contribution >= 0.6 is 11.3 Å². The molecular formula is C11H12N2O3S. The van der Waals surface area contributed by atoms with Gasteiger partial charge in [-0.25, -0.2) is 4.98 Å². The molecule has 0 fully saturated rings. The number of aliphatic hydroxyl groups is 1. The Kier molecular flexibility index (Phi) is 3.55. The number of hydrogen-bond donors (Lipinski definition) is 2. The number of aliphatic carboxylic acids is 1. The number of aromatic nitrogens is 2. The van der Waals surface area contributed by atoms with E-state index in [1.807, 2.05) is 17.5 Å². The number of thiophene rings is 1. The maximum absolute atomic E-state index is 10.5. The average molecular weight is 252 g/mol. The molecule has 0 saturated carbocycles. The van der Waals surface area contributed by atoms with Crippen molar-refractivity contribution < 1.29 is 15.0 Å². The van der Waals surface area contributed by atoms with Gasteiger partial charge < -0.3 is 14.8 Å². The number of aliphatic hydroxyl groups excluding tert-OH is 1. The van der Waals surface area contributed by atoms with Crippen molar-refractivity contribution in [1.82, 2.24) is 9.55 Å². The smallest absolute Gasteiger partial charge is 0.306 e. The van der Waals surface area contributed by atoms with Gasteiger partial charge in [-0.05, 0) is 11.4 Å². The van der Waals surface area contributed by atoms with Crippen LogP contribution in [0, 0.1) is 0 Å². The predicted molar refractivity (Wildman–Crippen MR) is 63.8 cm³/mol. The first kappa shape index (κ1) is 11.8. The van der Waals surface area contributed by atoms with Crippen LogP contribution in [0.1, 0.15) is 6.42 Å². The Bertz CT molecular complexity index is 493. The van der Waals surface area contributed by atoms with Gasteiger partial charge in [-0.3, -0.25) is 4.79 Å². The largest absolute Gasteiger partial charge is 0.481 e. The first-order chi connectivity index (χ1) is 8.16. The molecule has 1 atom stereocenters. The zero-order chi connectivity index (χ0) is 12.3. The zero-order valence-corrected chi connectivity index (χ0v) is 9.80. The fraction of sp³-hybridized carbons (Fsp3) is 0.273. The summed E-state index contributed by atoms with van der Waals surface area (Å²) in [5.74, 6) is -0.250. The molecule has 2 aromatic heterocycles.